The van der Waals surface area contributed by atoms with E-state index in [4.69, 9.17) is 5.26 Å². The summed E-state index contributed by atoms with van der Waals surface area (Å²) in [6.07, 6.45) is 0.472. The van der Waals surface area contributed by atoms with Crippen LogP contribution in [0.2, 0.25) is 0 Å². The molecule has 5 heteroatoms. The van der Waals surface area contributed by atoms with Crippen molar-refractivity contribution in [3.63, 3.8) is 0 Å². The molecule has 5 nitrogen and oxygen atoms in total. The third kappa shape index (κ3) is 3.98. The second kappa shape index (κ2) is 6.82. The quantitative estimate of drug-likeness (QED) is 0.702. The van der Waals surface area contributed by atoms with Crippen molar-refractivity contribution in [1.82, 2.24) is 10.2 Å². The number of nitriles is 1. The maximum absolute atomic E-state index is 11.7. The molecule has 0 fully saturated rings. The highest BCUT2D eigenvalue weighted by molar-refractivity contribution is 5.86. The molecule has 0 heterocycles. The number of carbonyl (C=O) groups is 2. The second-order valence-corrected chi connectivity index (χ2v) is 3.12. The van der Waals surface area contributed by atoms with Gasteiger partial charge >= 0.3 is 0 Å². The van der Waals surface area contributed by atoms with Crippen molar-refractivity contribution in [1.29, 1.82) is 5.26 Å². The maximum Gasteiger partial charge on any atom is 0.240 e. The molecule has 0 aliphatic rings. The molecule has 1 unspecified atom stereocenters. The maximum atomic E-state index is 11.7. The van der Waals surface area contributed by atoms with Crippen LogP contribution in [0.25, 0.3) is 0 Å². The number of likely N-dealkylation sites (N-methyl/N-ethyl adjacent to an activating group) is 2. The van der Waals surface area contributed by atoms with Gasteiger partial charge in [-0.05, 0) is 13.3 Å². The molecule has 0 saturated heterocycles. The first-order chi connectivity index (χ1) is 7.10. The topological polar surface area (TPSA) is 73.2 Å². The summed E-state index contributed by atoms with van der Waals surface area (Å²) in [5.74, 6) is -1.14. The Labute approximate surface area is 90.0 Å². The number of amides is 2. The molecular formula is C10H17N3O2. The van der Waals surface area contributed by atoms with Gasteiger partial charge in [0.15, 0.2) is 0 Å². The molecule has 0 aromatic heterocycles. The lowest BCUT2D eigenvalue weighted by atomic mass is 10.1. The molecule has 15 heavy (non-hydrogen) atoms. The summed E-state index contributed by atoms with van der Waals surface area (Å²) < 4.78 is 0. The van der Waals surface area contributed by atoms with E-state index >= 15 is 0 Å². The van der Waals surface area contributed by atoms with E-state index in [1.165, 1.54) is 11.9 Å². The minimum Gasteiger partial charge on any atom is -0.358 e. The van der Waals surface area contributed by atoms with Gasteiger partial charge in [-0.1, -0.05) is 6.92 Å². The highest BCUT2D eigenvalue weighted by Crippen LogP contribution is 2.06. The van der Waals surface area contributed by atoms with Crippen LogP contribution < -0.4 is 5.32 Å². The van der Waals surface area contributed by atoms with Gasteiger partial charge in [-0.15, -0.1) is 0 Å². The van der Waals surface area contributed by atoms with Crippen LogP contribution >= 0.6 is 0 Å². The van der Waals surface area contributed by atoms with Gasteiger partial charge in [-0.3, -0.25) is 9.59 Å². The summed E-state index contributed by atoms with van der Waals surface area (Å²) in [7, 11) is 1.52. The van der Waals surface area contributed by atoms with E-state index in [-0.39, 0.29) is 18.4 Å². The minimum atomic E-state index is -0.644. The summed E-state index contributed by atoms with van der Waals surface area (Å²) in [6, 6.07) is 1.93. The fourth-order valence-corrected chi connectivity index (χ4v) is 1.14. The molecule has 0 aliphatic carbocycles. The van der Waals surface area contributed by atoms with Crippen LogP contribution in [0.4, 0.5) is 0 Å². The normalized spacial score (nSPS) is 11.3. The number of nitrogens with one attached hydrogen (secondary N) is 1. The van der Waals surface area contributed by atoms with E-state index in [9.17, 15) is 9.59 Å². The summed E-state index contributed by atoms with van der Waals surface area (Å²) in [5.41, 5.74) is 0. The van der Waals surface area contributed by atoms with E-state index in [2.05, 4.69) is 5.32 Å². The Morgan fingerprint density at radius 1 is 1.47 bits per heavy atom. The van der Waals surface area contributed by atoms with Gasteiger partial charge < -0.3 is 10.2 Å². The molecule has 0 aromatic rings. The van der Waals surface area contributed by atoms with Gasteiger partial charge in [0, 0.05) is 13.6 Å². The molecule has 0 spiro atoms. The van der Waals surface area contributed by atoms with Crippen molar-refractivity contribution in [3.8, 4) is 6.07 Å². The molecule has 1 atom stereocenters. The van der Waals surface area contributed by atoms with Crippen LogP contribution in [-0.2, 0) is 9.59 Å². The number of hydrogen-bond donors (Lipinski definition) is 1. The Morgan fingerprint density at radius 3 is 2.40 bits per heavy atom. The average Bonchev–Trinajstić information content (AvgIpc) is 2.26. The minimum absolute atomic E-state index is 0.0179. The zero-order valence-electron chi connectivity index (χ0n) is 9.41. The molecule has 0 bridgehead atoms. The van der Waals surface area contributed by atoms with Gasteiger partial charge in [-0.25, -0.2) is 0 Å². The third-order valence-electron chi connectivity index (χ3n) is 2.17. The van der Waals surface area contributed by atoms with Crippen LogP contribution in [0.15, 0.2) is 0 Å². The lowest BCUT2D eigenvalue weighted by Gasteiger charge is -2.21. The molecule has 1 N–H and O–H groups in total. The molecule has 2 amide bonds. The first kappa shape index (κ1) is 13.4. The fourth-order valence-electron chi connectivity index (χ4n) is 1.14. The Hall–Kier alpha value is -1.57. The summed E-state index contributed by atoms with van der Waals surface area (Å²) >= 11 is 0. The van der Waals surface area contributed by atoms with Crippen LogP contribution in [0.1, 0.15) is 20.3 Å². The number of nitrogens with zero attached hydrogens (tertiary/aromatic N) is 2. The zero-order chi connectivity index (χ0) is 11.8. The standard InChI is InChI=1S/C10H17N3O2/c1-4-8(6-11)10(15)13(5-2)7-9(14)12-3/h8H,4-5,7H2,1-3H3,(H,12,14). The van der Waals surface area contributed by atoms with Crippen molar-refractivity contribution in [2.75, 3.05) is 20.1 Å². The van der Waals surface area contributed by atoms with Crippen LogP contribution in [-0.4, -0.2) is 36.9 Å². The van der Waals surface area contributed by atoms with Crippen LogP contribution in [0, 0.1) is 17.2 Å². The summed E-state index contributed by atoms with van der Waals surface area (Å²) in [4.78, 5) is 24.2. The van der Waals surface area contributed by atoms with E-state index < -0.39 is 5.92 Å². The first-order valence-electron chi connectivity index (χ1n) is 4.99. The van der Waals surface area contributed by atoms with Crippen molar-refractivity contribution in [2.45, 2.75) is 20.3 Å². The lowest BCUT2D eigenvalue weighted by molar-refractivity contribution is -0.137. The van der Waals surface area contributed by atoms with Crippen LogP contribution in [0.3, 0.4) is 0 Å². The van der Waals surface area contributed by atoms with E-state index in [1.54, 1.807) is 13.8 Å². The van der Waals surface area contributed by atoms with Gasteiger partial charge in [0.25, 0.3) is 0 Å². The second-order valence-electron chi connectivity index (χ2n) is 3.12. The van der Waals surface area contributed by atoms with Crippen molar-refractivity contribution >= 4 is 11.8 Å². The monoisotopic (exact) mass is 211 g/mol. The predicted molar refractivity (Wildman–Crippen MR) is 55.7 cm³/mol. The predicted octanol–water partition coefficient (Wildman–Crippen LogP) is 0.131. The average molecular weight is 211 g/mol. The van der Waals surface area contributed by atoms with Crippen molar-refractivity contribution < 1.29 is 9.59 Å². The van der Waals surface area contributed by atoms with Gasteiger partial charge in [0.1, 0.15) is 5.92 Å². The molecule has 0 aliphatic heterocycles. The molecule has 0 saturated carbocycles. The largest absolute Gasteiger partial charge is 0.358 e. The number of rotatable bonds is 5. The summed E-state index contributed by atoms with van der Waals surface area (Å²) in [5, 5.41) is 11.2. The molecule has 0 radical (unpaired) electrons. The van der Waals surface area contributed by atoms with E-state index in [0.29, 0.717) is 13.0 Å². The van der Waals surface area contributed by atoms with Crippen LogP contribution in [0.5, 0.6) is 0 Å². The molecular weight excluding hydrogens is 194 g/mol. The smallest absolute Gasteiger partial charge is 0.240 e. The van der Waals surface area contributed by atoms with Crippen molar-refractivity contribution in [3.05, 3.63) is 0 Å². The molecule has 84 valence electrons. The Balaban J connectivity index is 4.47. The summed E-state index contributed by atoms with van der Waals surface area (Å²) in [6.45, 7) is 4.01. The highest BCUT2D eigenvalue weighted by atomic mass is 16.2. The Morgan fingerprint density at radius 2 is 2.07 bits per heavy atom. The molecule has 0 aromatic carbocycles. The Bertz CT molecular complexity index is 270. The van der Waals surface area contributed by atoms with Crippen molar-refractivity contribution in [2.24, 2.45) is 5.92 Å². The fraction of sp³-hybridized carbons (Fsp3) is 0.700. The van der Waals surface area contributed by atoms with Gasteiger partial charge in [0.05, 0.1) is 12.6 Å². The highest BCUT2D eigenvalue weighted by Gasteiger charge is 2.22. The van der Waals surface area contributed by atoms with Gasteiger partial charge in [-0.2, -0.15) is 5.26 Å². The van der Waals surface area contributed by atoms with Gasteiger partial charge in [0.2, 0.25) is 11.8 Å². The van der Waals surface area contributed by atoms with E-state index in [1.807, 2.05) is 6.07 Å². The third-order valence-corrected chi connectivity index (χ3v) is 2.17. The van der Waals surface area contributed by atoms with E-state index in [0.717, 1.165) is 0 Å². The lowest BCUT2D eigenvalue weighted by Crippen LogP contribution is -2.42. The SMILES string of the molecule is CCC(C#N)C(=O)N(CC)CC(=O)NC. The number of hydrogen-bond acceptors (Lipinski definition) is 3. The molecule has 0 rings (SSSR count). The Kier molecular flexibility index (Phi) is 6.11. The first-order valence-corrected chi connectivity index (χ1v) is 4.99. The zero-order valence-corrected chi connectivity index (χ0v) is 9.41. The number of carbonyl (C=O) groups excluding carboxylic acids is 2.